The molecule has 1 atom stereocenters. The SMILES string of the molecule is OC(c1cccs1)c1sccc1Cl. The molecule has 0 fully saturated rings. The number of rotatable bonds is 2. The number of aliphatic hydroxyl groups is 1. The Morgan fingerprint density at radius 3 is 2.62 bits per heavy atom. The van der Waals surface area contributed by atoms with Gasteiger partial charge in [-0.3, -0.25) is 0 Å². The maximum absolute atomic E-state index is 9.89. The van der Waals surface area contributed by atoms with E-state index >= 15 is 0 Å². The second kappa shape index (κ2) is 3.80. The van der Waals surface area contributed by atoms with Gasteiger partial charge >= 0.3 is 0 Å². The molecular formula is C9H7ClOS2. The van der Waals surface area contributed by atoms with Gasteiger partial charge in [0.1, 0.15) is 6.10 Å². The van der Waals surface area contributed by atoms with Gasteiger partial charge in [0.25, 0.3) is 0 Å². The fraction of sp³-hybridized carbons (Fsp3) is 0.111. The van der Waals surface area contributed by atoms with Crippen molar-refractivity contribution in [2.24, 2.45) is 0 Å². The molecular weight excluding hydrogens is 224 g/mol. The molecule has 1 nitrogen and oxygen atoms in total. The van der Waals surface area contributed by atoms with Crippen LogP contribution in [0, 0.1) is 0 Å². The average Bonchev–Trinajstić information content (AvgIpc) is 2.72. The van der Waals surface area contributed by atoms with Gasteiger partial charge in [0.15, 0.2) is 0 Å². The molecule has 68 valence electrons. The zero-order valence-corrected chi connectivity index (χ0v) is 8.99. The van der Waals surface area contributed by atoms with Crippen LogP contribution in [0.3, 0.4) is 0 Å². The Kier molecular flexibility index (Phi) is 2.69. The number of halogens is 1. The summed E-state index contributed by atoms with van der Waals surface area (Å²) < 4.78 is 0. The molecule has 0 spiro atoms. The molecule has 13 heavy (non-hydrogen) atoms. The minimum absolute atomic E-state index is 0.563. The second-order valence-corrected chi connectivity index (χ2v) is 4.88. The van der Waals surface area contributed by atoms with E-state index in [0.717, 1.165) is 9.75 Å². The van der Waals surface area contributed by atoms with Gasteiger partial charge in [-0.1, -0.05) is 17.7 Å². The highest BCUT2D eigenvalue weighted by atomic mass is 35.5. The van der Waals surface area contributed by atoms with Crippen LogP contribution in [-0.2, 0) is 0 Å². The zero-order chi connectivity index (χ0) is 9.26. The van der Waals surface area contributed by atoms with Crippen LogP contribution in [0.5, 0.6) is 0 Å². The minimum atomic E-state index is -0.563. The topological polar surface area (TPSA) is 20.2 Å². The lowest BCUT2D eigenvalue weighted by molar-refractivity contribution is 0.228. The lowest BCUT2D eigenvalue weighted by Gasteiger charge is -2.05. The summed E-state index contributed by atoms with van der Waals surface area (Å²) in [5.74, 6) is 0. The first-order chi connectivity index (χ1) is 6.29. The van der Waals surface area contributed by atoms with Crippen LogP contribution in [0.1, 0.15) is 15.9 Å². The lowest BCUT2D eigenvalue weighted by Crippen LogP contribution is -1.93. The second-order valence-electron chi connectivity index (χ2n) is 2.55. The third-order valence-electron chi connectivity index (χ3n) is 1.71. The number of thiophene rings is 2. The van der Waals surface area contributed by atoms with Crippen LogP contribution in [-0.4, -0.2) is 5.11 Å². The molecule has 0 aliphatic heterocycles. The Bertz CT molecular complexity index is 380. The van der Waals surface area contributed by atoms with Crippen molar-refractivity contribution in [3.8, 4) is 0 Å². The van der Waals surface area contributed by atoms with E-state index in [2.05, 4.69) is 0 Å². The number of aliphatic hydroxyl groups excluding tert-OH is 1. The Morgan fingerprint density at radius 2 is 2.08 bits per heavy atom. The minimum Gasteiger partial charge on any atom is -0.382 e. The highest BCUT2D eigenvalue weighted by Gasteiger charge is 2.15. The van der Waals surface area contributed by atoms with Gasteiger partial charge in [-0.2, -0.15) is 0 Å². The smallest absolute Gasteiger partial charge is 0.124 e. The molecule has 1 unspecified atom stereocenters. The van der Waals surface area contributed by atoms with Crippen LogP contribution in [0.15, 0.2) is 29.0 Å². The molecule has 0 saturated heterocycles. The molecule has 0 aliphatic rings. The first kappa shape index (κ1) is 9.21. The molecule has 4 heteroatoms. The molecule has 1 N–H and O–H groups in total. The van der Waals surface area contributed by atoms with E-state index in [1.165, 1.54) is 22.7 Å². The van der Waals surface area contributed by atoms with Crippen molar-refractivity contribution in [1.82, 2.24) is 0 Å². The van der Waals surface area contributed by atoms with Gasteiger partial charge < -0.3 is 5.11 Å². The first-order valence-corrected chi connectivity index (χ1v) is 5.87. The molecule has 0 amide bonds. The van der Waals surface area contributed by atoms with E-state index in [1.54, 1.807) is 6.07 Å². The predicted octanol–water partition coefficient (Wildman–Crippen LogP) is 3.54. The normalized spacial score (nSPS) is 13.1. The molecule has 2 rings (SSSR count). The van der Waals surface area contributed by atoms with Crippen molar-refractivity contribution in [2.45, 2.75) is 6.10 Å². The van der Waals surface area contributed by atoms with Gasteiger partial charge in [-0.15, -0.1) is 22.7 Å². The van der Waals surface area contributed by atoms with E-state index in [-0.39, 0.29) is 0 Å². The van der Waals surface area contributed by atoms with Crippen molar-refractivity contribution < 1.29 is 5.11 Å². The van der Waals surface area contributed by atoms with Crippen molar-refractivity contribution in [3.63, 3.8) is 0 Å². The maximum atomic E-state index is 9.89. The summed E-state index contributed by atoms with van der Waals surface area (Å²) >= 11 is 8.92. The fourth-order valence-corrected chi connectivity index (χ4v) is 3.03. The molecule has 0 aliphatic carbocycles. The predicted molar refractivity (Wildman–Crippen MR) is 57.7 cm³/mol. The molecule has 0 bridgehead atoms. The molecule has 2 aromatic heterocycles. The lowest BCUT2D eigenvalue weighted by atomic mass is 10.2. The van der Waals surface area contributed by atoms with E-state index in [4.69, 9.17) is 11.6 Å². The monoisotopic (exact) mass is 230 g/mol. The van der Waals surface area contributed by atoms with E-state index in [9.17, 15) is 5.11 Å². The summed E-state index contributed by atoms with van der Waals surface area (Å²) in [6.07, 6.45) is -0.563. The Labute approximate surface area is 89.2 Å². The largest absolute Gasteiger partial charge is 0.382 e. The van der Waals surface area contributed by atoms with Gasteiger partial charge in [0, 0.05) is 4.88 Å². The quantitative estimate of drug-likeness (QED) is 0.837. The Morgan fingerprint density at radius 1 is 1.23 bits per heavy atom. The number of hydrogen-bond donors (Lipinski definition) is 1. The van der Waals surface area contributed by atoms with Crippen LogP contribution < -0.4 is 0 Å². The van der Waals surface area contributed by atoms with E-state index < -0.39 is 6.10 Å². The van der Waals surface area contributed by atoms with Crippen LogP contribution >= 0.6 is 34.3 Å². The molecule has 2 heterocycles. The van der Waals surface area contributed by atoms with Crippen molar-refractivity contribution >= 4 is 34.3 Å². The summed E-state index contributed by atoms with van der Waals surface area (Å²) in [4.78, 5) is 1.76. The highest BCUT2D eigenvalue weighted by Crippen LogP contribution is 2.34. The molecule has 0 radical (unpaired) electrons. The van der Waals surface area contributed by atoms with Gasteiger partial charge in [0.2, 0.25) is 0 Å². The van der Waals surface area contributed by atoms with Crippen molar-refractivity contribution in [3.05, 3.63) is 43.7 Å². The average molecular weight is 231 g/mol. The summed E-state index contributed by atoms with van der Waals surface area (Å²) in [5, 5.41) is 14.4. The third kappa shape index (κ3) is 1.79. The van der Waals surface area contributed by atoms with Crippen LogP contribution in [0.2, 0.25) is 5.02 Å². The van der Waals surface area contributed by atoms with Crippen molar-refractivity contribution in [1.29, 1.82) is 0 Å². The van der Waals surface area contributed by atoms with Crippen LogP contribution in [0.4, 0.5) is 0 Å². The molecule has 2 aromatic rings. The van der Waals surface area contributed by atoms with Gasteiger partial charge in [-0.05, 0) is 22.9 Å². The Hall–Kier alpha value is -0.350. The van der Waals surface area contributed by atoms with Gasteiger partial charge in [-0.25, -0.2) is 0 Å². The van der Waals surface area contributed by atoms with Crippen molar-refractivity contribution in [2.75, 3.05) is 0 Å². The summed E-state index contributed by atoms with van der Waals surface area (Å²) in [7, 11) is 0. The highest BCUT2D eigenvalue weighted by molar-refractivity contribution is 7.12. The summed E-state index contributed by atoms with van der Waals surface area (Å²) in [6, 6.07) is 5.63. The standard InChI is InChI=1S/C9H7ClOS2/c10-6-3-5-13-9(6)8(11)7-2-1-4-12-7/h1-5,8,11H. The number of hydrogen-bond acceptors (Lipinski definition) is 3. The summed E-state index contributed by atoms with van der Waals surface area (Å²) in [6.45, 7) is 0. The first-order valence-electron chi connectivity index (χ1n) is 3.73. The molecule has 0 aromatic carbocycles. The Balaban J connectivity index is 2.33. The van der Waals surface area contributed by atoms with E-state index in [1.807, 2.05) is 22.9 Å². The van der Waals surface area contributed by atoms with Crippen LogP contribution in [0.25, 0.3) is 0 Å². The third-order valence-corrected chi connectivity index (χ3v) is 4.04. The molecule has 0 saturated carbocycles. The summed E-state index contributed by atoms with van der Waals surface area (Å²) in [5.41, 5.74) is 0. The van der Waals surface area contributed by atoms with E-state index in [0.29, 0.717) is 5.02 Å². The fourth-order valence-electron chi connectivity index (χ4n) is 1.08. The zero-order valence-electron chi connectivity index (χ0n) is 6.61. The van der Waals surface area contributed by atoms with Gasteiger partial charge in [0.05, 0.1) is 9.90 Å². The maximum Gasteiger partial charge on any atom is 0.124 e.